The van der Waals surface area contributed by atoms with Gasteiger partial charge in [0.2, 0.25) is 5.76 Å². The van der Waals surface area contributed by atoms with Gasteiger partial charge < -0.3 is 19.2 Å². The largest absolute Gasteiger partial charge is 0.450 e. The van der Waals surface area contributed by atoms with Gasteiger partial charge in [-0.2, -0.15) is 0 Å². The highest BCUT2D eigenvalue weighted by atomic mass is 35.5. The van der Waals surface area contributed by atoms with Crippen molar-refractivity contribution in [2.75, 3.05) is 19.0 Å². The van der Waals surface area contributed by atoms with E-state index in [1.807, 2.05) is 6.07 Å². The van der Waals surface area contributed by atoms with Crippen molar-refractivity contribution >= 4 is 40.1 Å². The number of furan rings is 1. The molecule has 0 radical (unpaired) electrons. The van der Waals surface area contributed by atoms with Crippen LogP contribution in [-0.4, -0.2) is 25.6 Å². The van der Waals surface area contributed by atoms with Gasteiger partial charge in [0.15, 0.2) is 6.61 Å². The second-order valence-electron chi connectivity index (χ2n) is 5.59. The molecule has 2 aromatic carbocycles. The standard InChI is InChI=1S/C19H15ClFNO5/c1-25-9-13-12-4-2-3-5-16(12)27-18(13)19(24)26-10-17(23)22-15-7-6-11(21)8-14(15)20/h2-8H,9-10H2,1H3,(H,22,23). The summed E-state index contributed by atoms with van der Waals surface area (Å²) in [7, 11) is 1.50. The van der Waals surface area contributed by atoms with Gasteiger partial charge in [-0.3, -0.25) is 4.79 Å². The quantitative estimate of drug-likeness (QED) is 0.638. The van der Waals surface area contributed by atoms with E-state index in [2.05, 4.69) is 5.32 Å². The molecule has 6 nitrogen and oxygen atoms in total. The summed E-state index contributed by atoms with van der Waals surface area (Å²) >= 11 is 5.84. The number of fused-ring (bicyclic) bond motifs is 1. The first-order valence-electron chi connectivity index (χ1n) is 7.91. The highest BCUT2D eigenvalue weighted by Gasteiger charge is 2.22. The fraction of sp³-hybridized carbons (Fsp3) is 0.158. The fourth-order valence-corrected chi connectivity index (χ4v) is 2.74. The zero-order valence-corrected chi connectivity index (χ0v) is 15.0. The Kier molecular flexibility index (Phi) is 5.73. The summed E-state index contributed by atoms with van der Waals surface area (Å²) < 4.78 is 28.7. The molecule has 0 aliphatic rings. The van der Waals surface area contributed by atoms with Crippen LogP contribution in [0.15, 0.2) is 46.9 Å². The number of ether oxygens (including phenoxy) is 2. The number of carbonyl (C=O) groups excluding carboxylic acids is 2. The van der Waals surface area contributed by atoms with Crippen LogP contribution in [0.3, 0.4) is 0 Å². The molecule has 1 heterocycles. The molecule has 1 amide bonds. The number of esters is 1. The van der Waals surface area contributed by atoms with Crippen LogP contribution in [0.2, 0.25) is 5.02 Å². The predicted molar refractivity (Wildman–Crippen MR) is 97.2 cm³/mol. The molecule has 0 bridgehead atoms. The Bertz CT molecular complexity index is 1000. The molecule has 27 heavy (non-hydrogen) atoms. The third kappa shape index (κ3) is 4.27. The van der Waals surface area contributed by atoms with Gasteiger partial charge in [0, 0.05) is 18.1 Å². The minimum Gasteiger partial charge on any atom is -0.450 e. The van der Waals surface area contributed by atoms with Gasteiger partial charge in [-0.15, -0.1) is 0 Å². The number of anilines is 1. The van der Waals surface area contributed by atoms with Crippen molar-refractivity contribution < 1.29 is 27.9 Å². The molecule has 140 valence electrons. The van der Waals surface area contributed by atoms with E-state index in [1.165, 1.54) is 13.2 Å². The Morgan fingerprint density at radius 2 is 2.00 bits per heavy atom. The number of amides is 1. The number of nitrogens with one attached hydrogen (secondary N) is 1. The first-order valence-corrected chi connectivity index (χ1v) is 8.28. The number of benzene rings is 2. The van der Waals surface area contributed by atoms with Crippen LogP contribution in [-0.2, 0) is 20.9 Å². The van der Waals surface area contributed by atoms with E-state index in [-0.39, 0.29) is 23.1 Å². The molecule has 0 aliphatic carbocycles. The summed E-state index contributed by atoms with van der Waals surface area (Å²) in [6.45, 7) is -0.408. The molecular formula is C19H15ClFNO5. The van der Waals surface area contributed by atoms with Gasteiger partial charge in [-0.05, 0) is 24.3 Å². The van der Waals surface area contributed by atoms with E-state index >= 15 is 0 Å². The van der Waals surface area contributed by atoms with Crippen LogP contribution < -0.4 is 5.32 Å². The number of hydrogen-bond donors (Lipinski definition) is 1. The van der Waals surface area contributed by atoms with Gasteiger partial charge in [-0.25, -0.2) is 9.18 Å². The average Bonchev–Trinajstić information content (AvgIpc) is 3.01. The summed E-state index contributed by atoms with van der Waals surface area (Å²) in [5.74, 6) is -1.97. The Balaban J connectivity index is 1.69. The number of para-hydroxylation sites is 1. The topological polar surface area (TPSA) is 77.8 Å². The Labute approximate surface area is 158 Å². The summed E-state index contributed by atoms with van der Waals surface area (Å²) in [6, 6.07) is 10.6. The molecule has 0 atom stereocenters. The van der Waals surface area contributed by atoms with E-state index < -0.39 is 24.3 Å². The maximum atomic E-state index is 13.0. The third-order valence-electron chi connectivity index (χ3n) is 3.71. The van der Waals surface area contributed by atoms with Crippen molar-refractivity contribution in [3.63, 3.8) is 0 Å². The highest BCUT2D eigenvalue weighted by Crippen LogP contribution is 2.27. The van der Waals surface area contributed by atoms with Crippen LogP contribution in [0.4, 0.5) is 10.1 Å². The minimum atomic E-state index is -0.793. The lowest BCUT2D eigenvalue weighted by Crippen LogP contribution is -2.21. The van der Waals surface area contributed by atoms with E-state index in [0.717, 1.165) is 17.5 Å². The molecule has 0 saturated carbocycles. The predicted octanol–water partition coefficient (Wildman–Crippen LogP) is 4.17. The van der Waals surface area contributed by atoms with Crippen molar-refractivity contribution in [1.29, 1.82) is 0 Å². The molecule has 1 aromatic heterocycles. The lowest BCUT2D eigenvalue weighted by atomic mass is 10.1. The lowest BCUT2D eigenvalue weighted by Gasteiger charge is -2.08. The number of methoxy groups -OCH3 is 1. The van der Waals surface area contributed by atoms with Gasteiger partial charge >= 0.3 is 5.97 Å². The first-order chi connectivity index (χ1) is 13.0. The molecule has 1 N–H and O–H groups in total. The van der Waals surface area contributed by atoms with Gasteiger partial charge in [0.05, 0.1) is 17.3 Å². The van der Waals surface area contributed by atoms with E-state index in [0.29, 0.717) is 11.1 Å². The van der Waals surface area contributed by atoms with Crippen LogP contribution in [0.25, 0.3) is 11.0 Å². The lowest BCUT2D eigenvalue weighted by molar-refractivity contribution is -0.119. The van der Waals surface area contributed by atoms with Crippen LogP contribution in [0.5, 0.6) is 0 Å². The fourth-order valence-electron chi connectivity index (χ4n) is 2.53. The summed E-state index contributed by atoms with van der Waals surface area (Å²) in [4.78, 5) is 24.3. The number of halogens is 2. The molecule has 0 unspecified atom stereocenters. The van der Waals surface area contributed by atoms with E-state index in [9.17, 15) is 14.0 Å². The molecule has 0 fully saturated rings. The smallest absolute Gasteiger partial charge is 0.375 e. The van der Waals surface area contributed by atoms with Crippen molar-refractivity contribution in [2.24, 2.45) is 0 Å². The zero-order chi connectivity index (χ0) is 19.4. The molecule has 0 aliphatic heterocycles. The van der Waals surface area contributed by atoms with Crippen molar-refractivity contribution in [3.05, 3.63) is 64.6 Å². The Hall–Kier alpha value is -2.90. The number of hydrogen-bond acceptors (Lipinski definition) is 5. The first kappa shape index (κ1) is 18.9. The maximum absolute atomic E-state index is 13.0. The van der Waals surface area contributed by atoms with Crippen LogP contribution in [0, 0.1) is 5.82 Å². The second-order valence-corrected chi connectivity index (χ2v) is 5.99. The zero-order valence-electron chi connectivity index (χ0n) is 14.3. The molecule has 8 heteroatoms. The van der Waals surface area contributed by atoms with Crippen molar-refractivity contribution in [3.8, 4) is 0 Å². The SMILES string of the molecule is COCc1c(C(=O)OCC(=O)Nc2ccc(F)cc2Cl)oc2ccccc12. The van der Waals surface area contributed by atoms with E-state index in [4.69, 9.17) is 25.5 Å². The monoisotopic (exact) mass is 391 g/mol. The number of rotatable bonds is 6. The summed E-state index contributed by atoms with van der Waals surface area (Å²) in [5, 5.41) is 3.21. The molecule has 0 spiro atoms. The van der Waals surface area contributed by atoms with Crippen molar-refractivity contribution in [1.82, 2.24) is 0 Å². The summed E-state index contributed by atoms with van der Waals surface area (Å²) in [6.07, 6.45) is 0. The average molecular weight is 392 g/mol. The van der Waals surface area contributed by atoms with Crippen LogP contribution >= 0.6 is 11.6 Å². The molecule has 0 saturated heterocycles. The van der Waals surface area contributed by atoms with Crippen molar-refractivity contribution in [2.45, 2.75) is 6.61 Å². The Morgan fingerprint density at radius 1 is 1.22 bits per heavy atom. The normalized spacial score (nSPS) is 10.8. The third-order valence-corrected chi connectivity index (χ3v) is 4.02. The van der Waals surface area contributed by atoms with Gasteiger partial charge in [-0.1, -0.05) is 29.8 Å². The van der Waals surface area contributed by atoms with E-state index in [1.54, 1.807) is 18.2 Å². The minimum absolute atomic E-state index is 0.0225. The Morgan fingerprint density at radius 3 is 2.74 bits per heavy atom. The van der Waals surface area contributed by atoms with Gasteiger partial charge in [0.25, 0.3) is 5.91 Å². The molecule has 3 rings (SSSR count). The van der Waals surface area contributed by atoms with Gasteiger partial charge in [0.1, 0.15) is 11.4 Å². The summed E-state index contributed by atoms with van der Waals surface area (Å²) in [5.41, 5.74) is 1.27. The second kappa shape index (κ2) is 8.20. The maximum Gasteiger partial charge on any atom is 0.375 e. The van der Waals surface area contributed by atoms with Crippen LogP contribution in [0.1, 0.15) is 16.1 Å². The molecule has 3 aromatic rings. The molecular weight excluding hydrogens is 377 g/mol. The highest BCUT2D eigenvalue weighted by molar-refractivity contribution is 6.33. The number of carbonyl (C=O) groups is 2.